The fourth-order valence-electron chi connectivity index (χ4n) is 3.00. The number of aliphatic carboxylic acids is 1. The minimum Gasteiger partial charge on any atom is -0.481 e. The van der Waals surface area contributed by atoms with Gasteiger partial charge in [-0.3, -0.25) is 9.69 Å². The van der Waals surface area contributed by atoms with Crippen molar-refractivity contribution in [3.8, 4) is 0 Å². The van der Waals surface area contributed by atoms with Crippen molar-refractivity contribution in [2.24, 2.45) is 0 Å². The summed E-state index contributed by atoms with van der Waals surface area (Å²) in [6, 6.07) is 8.71. The quantitative estimate of drug-likeness (QED) is 0.827. The molecule has 1 fully saturated rings. The predicted octanol–water partition coefficient (Wildman–Crippen LogP) is 3.69. The molecule has 0 bridgehead atoms. The normalized spacial score (nSPS) is 19.3. The van der Waals surface area contributed by atoms with Crippen LogP contribution in [0.2, 0.25) is 0 Å². The summed E-state index contributed by atoms with van der Waals surface area (Å²) >= 11 is 1.80. The van der Waals surface area contributed by atoms with Crippen molar-refractivity contribution in [1.82, 2.24) is 9.88 Å². The predicted molar refractivity (Wildman–Crippen MR) is 84.7 cm³/mol. The average molecular weight is 304 g/mol. The van der Waals surface area contributed by atoms with Crippen molar-refractivity contribution < 1.29 is 9.90 Å². The summed E-state index contributed by atoms with van der Waals surface area (Å²) in [5.41, 5.74) is 1.09. The monoisotopic (exact) mass is 304 g/mol. The Bertz CT molecular complexity index is 593. The molecule has 0 aliphatic carbocycles. The molecule has 0 radical (unpaired) electrons. The number of para-hydroxylation sites is 1. The van der Waals surface area contributed by atoms with Crippen LogP contribution in [0.4, 0.5) is 0 Å². The van der Waals surface area contributed by atoms with Crippen molar-refractivity contribution in [3.05, 3.63) is 29.3 Å². The highest BCUT2D eigenvalue weighted by molar-refractivity contribution is 7.18. The topological polar surface area (TPSA) is 53.4 Å². The van der Waals surface area contributed by atoms with Crippen LogP contribution >= 0.6 is 11.3 Å². The van der Waals surface area contributed by atoms with Crippen LogP contribution in [0.3, 0.4) is 0 Å². The fourth-order valence-corrected chi connectivity index (χ4v) is 4.13. The summed E-state index contributed by atoms with van der Waals surface area (Å²) in [6.45, 7) is 2.08. The lowest BCUT2D eigenvalue weighted by atomic mass is 10.2. The number of likely N-dealkylation sites (tertiary alicyclic amines) is 1. The molecule has 1 N–H and O–H groups in total. The number of benzene rings is 1. The standard InChI is InChI=1S/C16H20N2O2S/c19-15(20)9-3-4-10-18-11-5-7-13(18)16-17-12-6-1-2-8-14(12)21-16/h1-2,6,8,13H,3-5,7,9-11H2,(H,19,20). The van der Waals surface area contributed by atoms with Gasteiger partial charge in [-0.15, -0.1) is 11.3 Å². The highest BCUT2D eigenvalue weighted by Crippen LogP contribution is 2.36. The molecule has 1 saturated heterocycles. The number of nitrogens with zero attached hydrogens (tertiary/aromatic N) is 2. The zero-order valence-electron chi connectivity index (χ0n) is 12.0. The van der Waals surface area contributed by atoms with E-state index in [2.05, 4.69) is 23.1 Å². The number of carbonyl (C=O) groups is 1. The number of aromatic nitrogens is 1. The summed E-state index contributed by atoms with van der Waals surface area (Å²) < 4.78 is 1.25. The van der Waals surface area contributed by atoms with E-state index in [0.717, 1.165) is 31.4 Å². The van der Waals surface area contributed by atoms with Crippen LogP contribution in [0.1, 0.15) is 43.2 Å². The van der Waals surface area contributed by atoms with Gasteiger partial charge in [-0.2, -0.15) is 0 Å². The second-order valence-corrected chi connectivity index (χ2v) is 6.63. The smallest absolute Gasteiger partial charge is 0.303 e. The van der Waals surface area contributed by atoms with Crippen LogP contribution in [0.25, 0.3) is 10.2 Å². The Morgan fingerprint density at radius 3 is 3.05 bits per heavy atom. The third-order valence-electron chi connectivity index (χ3n) is 4.05. The number of hydrogen-bond donors (Lipinski definition) is 1. The van der Waals surface area contributed by atoms with Crippen LogP contribution in [-0.2, 0) is 4.79 Å². The average Bonchev–Trinajstić information content (AvgIpc) is 3.09. The number of thiazole rings is 1. The Morgan fingerprint density at radius 1 is 1.38 bits per heavy atom. The first-order chi connectivity index (χ1) is 10.2. The Morgan fingerprint density at radius 2 is 2.24 bits per heavy atom. The lowest BCUT2D eigenvalue weighted by Gasteiger charge is -2.22. The molecule has 3 rings (SSSR count). The van der Waals surface area contributed by atoms with E-state index in [-0.39, 0.29) is 6.42 Å². The molecule has 1 aromatic carbocycles. The molecule has 5 heteroatoms. The summed E-state index contributed by atoms with van der Waals surface area (Å²) in [6.07, 6.45) is 4.37. The number of hydrogen-bond acceptors (Lipinski definition) is 4. The number of carboxylic acid groups (broad SMARTS) is 1. The second-order valence-electron chi connectivity index (χ2n) is 5.56. The lowest BCUT2D eigenvalue weighted by molar-refractivity contribution is -0.137. The molecule has 2 heterocycles. The van der Waals surface area contributed by atoms with E-state index in [1.54, 1.807) is 11.3 Å². The second kappa shape index (κ2) is 6.54. The molecule has 21 heavy (non-hydrogen) atoms. The number of carboxylic acids is 1. The number of rotatable bonds is 6. The molecule has 112 valence electrons. The van der Waals surface area contributed by atoms with Crippen LogP contribution in [-0.4, -0.2) is 34.0 Å². The van der Waals surface area contributed by atoms with Gasteiger partial charge in [-0.1, -0.05) is 12.1 Å². The highest BCUT2D eigenvalue weighted by Gasteiger charge is 2.28. The van der Waals surface area contributed by atoms with E-state index in [9.17, 15) is 4.79 Å². The first kappa shape index (κ1) is 14.5. The molecule has 2 aromatic rings. The molecule has 1 atom stereocenters. The third kappa shape index (κ3) is 3.41. The third-order valence-corrected chi connectivity index (χ3v) is 5.18. The molecule has 0 amide bonds. The first-order valence-electron chi connectivity index (χ1n) is 7.55. The summed E-state index contributed by atoms with van der Waals surface area (Å²) in [5.74, 6) is -0.695. The van der Waals surface area contributed by atoms with Gasteiger partial charge < -0.3 is 5.11 Å². The van der Waals surface area contributed by atoms with Crippen molar-refractivity contribution in [2.75, 3.05) is 13.1 Å². The fraction of sp³-hybridized carbons (Fsp3) is 0.500. The first-order valence-corrected chi connectivity index (χ1v) is 8.37. The Kier molecular flexibility index (Phi) is 4.51. The van der Waals surface area contributed by atoms with E-state index in [4.69, 9.17) is 10.1 Å². The van der Waals surface area contributed by atoms with Crippen LogP contribution < -0.4 is 0 Å². The molecular formula is C16H20N2O2S. The zero-order valence-corrected chi connectivity index (χ0v) is 12.8. The van der Waals surface area contributed by atoms with Gasteiger partial charge in [0.1, 0.15) is 5.01 Å². The molecule has 0 saturated carbocycles. The van der Waals surface area contributed by atoms with Gasteiger partial charge in [-0.25, -0.2) is 4.98 Å². The summed E-state index contributed by atoms with van der Waals surface area (Å²) in [5, 5.41) is 9.91. The molecular weight excluding hydrogens is 284 g/mol. The maximum Gasteiger partial charge on any atom is 0.303 e. The number of unbranched alkanes of at least 4 members (excludes halogenated alkanes) is 1. The highest BCUT2D eigenvalue weighted by atomic mass is 32.1. The minimum absolute atomic E-state index is 0.277. The summed E-state index contributed by atoms with van der Waals surface area (Å²) in [7, 11) is 0. The van der Waals surface area contributed by atoms with Crippen LogP contribution in [0, 0.1) is 0 Å². The maximum atomic E-state index is 10.6. The van der Waals surface area contributed by atoms with E-state index in [1.807, 2.05) is 6.07 Å². The van der Waals surface area contributed by atoms with Gasteiger partial charge in [0.2, 0.25) is 0 Å². The zero-order chi connectivity index (χ0) is 14.7. The largest absolute Gasteiger partial charge is 0.481 e. The van der Waals surface area contributed by atoms with Crippen molar-refractivity contribution in [1.29, 1.82) is 0 Å². The van der Waals surface area contributed by atoms with E-state index < -0.39 is 5.97 Å². The molecule has 1 unspecified atom stereocenters. The van der Waals surface area contributed by atoms with E-state index >= 15 is 0 Å². The number of fused-ring (bicyclic) bond motifs is 1. The van der Waals surface area contributed by atoms with Crippen molar-refractivity contribution in [2.45, 2.75) is 38.1 Å². The van der Waals surface area contributed by atoms with E-state index in [1.165, 1.54) is 22.5 Å². The Labute approximate surface area is 128 Å². The van der Waals surface area contributed by atoms with Gasteiger partial charge >= 0.3 is 5.97 Å². The van der Waals surface area contributed by atoms with Gasteiger partial charge in [0, 0.05) is 6.42 Å². The van der Waals surface area contributed by atoms with Crippen molar-refractivity contribution in [3.63, 3.8) is 0 Å². The lowest BCUT2D eigenvalue weighted by Crippen LogP contribution is -2.24. The maximum absolute atomic E-state index is 10.6. The molecule has 1 aliphatic heterocycles. The van der Waals surface area contributed by atoms with Gasteiger partial charge in [-0.05, 0) is 50.9 Å². The van der Waals surface area contributed by atoms with Gasteiger partial charge in [0.25, 0.3) is 0 Å². The SMILES string of the molecule is O=C(O)CCCCN1CCCC1c1nc2ccccc2s1. The molecule has 1 aromatic heterocycles. The Hall–Kier alpha value is -1.46. The van der Waals surface area contributed by atoms with Gasteiger partial charge in [0.05, 0.1) is 16.3 Å². The van der Waals surface area contributed by atoms with Crippen LogP contribution in [0.15, 0.2) is 24.3 Å². The molecule has 0 spiro atoms. The minimum atomic E-state index is -0.695. The Balaban J connectivity index is 1.64. The van der Waals surface area contributed by atoms with E-state index in [0.29, 0.717) is 6.04 Å². The molecule has 4 nitrogen and oxygen atoms in total. The molecule has 1 aliphatic rings. The van der Waals surface area contributed by atoms with Crippen LogP contribution in [0.5, 0.6) is 0 Å². The summed E-state index contributed by atoms with van der Waals surface area (Å²) in [4.78, 5) is 17.8. The van der Waals surface area contributed by atoms with Gasteiger partial charge in [0.15, 0.2) is 0 Å². The van der Waals surface area contributed by atoms with Crippen molar-refractivity contribution >= 4 is 27.5 Å².